The molecule has 148 valence electrons. The number of nitrogens with zero attached hydrogens (tertiary/aromatic N) is 2. The second-order valence-corrected chi connectivity index (χ2v) is 9.05. The minimum Gasteiger partial charge on any atom is -0.454 e. The van der Waals surface area contributed by atoms with Crippen molar-refractivity contribution >= 4 is 55.0 Å². The van der Waals surface area contributed by atoms with E-state index in [1.54, 1.807) is 0 Å². The molecule has 1 aromatic carbocycles. The van der Waals surface area contributed by atoms with Gasteiger partial charge in [-0.15, -0.1) is 11.3 Å². The number of hydrogen-bond acceptors (Lipinski definition) is 8. The van der Waals surface area contributed by atoms with E-state index in [1.807, 2.05) is 13.8 Å². The van der Waals surface area contributed by atoms with Gasteiger partial charge in [-0.25, -0.2) is 32.7 Å². The van der Waals surface area contributed by atoms with E-state index in [0.717, 1.165) is 28.0 Å². The van der Waals surface area contributed by atoms with E-state index in [2.05, 4.69) is 9.97 Å². The number of benzene rings is 1. The molecule has 0 fully saturated rings. The molecule has 0 saturated carbocycles. The van der Waals surface area contributed by atoms with Gasteiger partial charge in [0.2, 0.25) is 10.0 Å². The molecule has 0 bridgehead atoms. The lowest BCUT2D eigenvalue weighted by Gasteiger charge is -2.08. The number of carbonyl (C=O) groups is 1. The molecule has 0 atom stereocenters. The SMILES string of the molecule is Cc1sc2nc(COC(=O)c3cc(S(N)(=O)=O)cc(Cl)c3F)nc(N)c2c1C. The number of halogens is 2. The molecule has 8 nitrogen and oxygen atoms in total. The van der Waals surface area contributed by atoms with Gasteiger partial charge in [0.05, 0.1) is 20.9 Å². The second-order valence-electron chi connectivity index (χ2n) is 5.88. The average Bonchev–Trinajstić information content (AvgIpc) is 2.88. The van der Waals surface area contributed by atoms with Crippen LogP contribution in [0.3, 0.4) is 0 Å². The first kappa shape index (κ1) is 20.4. The van der Waals surface area contributed by atoms with Gasteiger partial charge in [0.25, 0.3) is 0 Å². The summed E-state index contributed by atoms with van der Waals surface area (Å²) < 4.78 is 42.1. The summed E-state index contributed by atoms with van der Waals surface area (Å²) in [7, 11) is -4.20. The summed E-state index contributed by atoms with van der Waals surface area (Å²) in [4.78, 5) is 21.8. The molecule has 0 aliphatic rings. The van der Waals surface area contributed by atoms with Crippen molar-refractivity contribution in [3.63, 3.8) is 0 Å². The number of aryl methyl sites for hydroxylation is 2. The van der Waals surface area contributed by atoms with Crippen LogP contribution in [0.15, 0.2) is 17.0 Å². The predicted molar refractivity (Wildman–Crippen MR) is 103 cm³/mol. The summed E-state index contributed by atoms with van der Waals surface area (Å²) in [5.41, 5.74) is 6.25. The maximum atomic E-state index is 14.1. The molecule has 0 aliphatic carbocycles. The third kappa shape index (κ3) is 3.78. The van der Waals surface area contributed by atoms with Crippen LogP contribution >= 0.6 is 22.9 Å². The number of fused-ring (bicyclic) bond motifs is 1. The van der Waals surface area contributed by atoms with Gasteiger partial charge in [-0.2, -0.15) is 0 Å². The monoisotopic (exact) mass is 444 g/mol. The van der Waals surface area contributed by atoms with Gasteiger partial charge in [0.1, 0.15) is 10.6 Å². The van der Waals surface area contributed by atoms with Crippen LogP contribution in [0.4, 0.5) is 10.2 Å². The number of ether oxygens (including phenoxy) is 1. The molecule has 0 saturated heterocycles. The van der Waals surface area contributed by atoms with Crippen molar-refractivity contribution < 1.29 is 22.3 Å². The highest BCUT2D eigenvalue weighted by Crippen LogP contribution is 2.32. The molecule has 0 unspecified atom stereocenters. The fraction of sp³-hybridized carbons (Fsp3) is 0.188. The molecule has 0 radical (unpaired) electrons. The van der Waals surface area contributed by atoms with Gasteiger partial charge < -0.3 is 10.5 Å². The summed E-state index contributed by atoms with van der Waals surface area (Å²) in [5, 5.41) is 5.15. The quantitative estimate of drug-likeness (QED) is 0.589. The molecule has 4 N–H and O–H groups in total. The highest BCUT2D eigenvalue weighted by atomic mass is 35.5. The van der Waals surface area contributed by atoms with Crippen molar-refractivity contribution in [1.82, 2.24) is 9.97 Å². The van der Waals surface area contributed by atoms with Crippen molar-refractivity contribution in [2.75, 3.05) is 5.73 Å². The summed E-state index contributed by atoms with van der Waals surface area (Å²) in [6.45, 7) is 3.43. The number of esters is 1. The Bertz CT molecular complexity index is 1230. The number of carbonyl (C=O) groups excluding carboxylic acids is 1. The van der Waals surface area contributed by atoms with Crippen molar-refractivity contribution in [2.24, 2.45) is 5.14 Å². The molecule has 2 aromatic heterocycles. The zero-order valence-electron chi connectivity index (χ0n) is 14.6. The van der Waals surface area contributed by atoms with Crippen molar-refractivity contribution in [1.29, 1.82) is 0 Å². The van der Waals surface area contributed by atoms with E-state index in [1.165, 1.54) is 11.3 Å². The number of anilines is 1. The van der Waals surface area contributed by atoms with E-state index in [-0.39, 0.29) is 11.6 Å². The third-order valence-corrected chi connectivity index (χ3v) is 6.25. The fourth-order valence-electron chi connectivity index (χ4n) is 2.48. The van der Waals surface area contributed by atoms with Gasteiger partial charge in [-0.05, 0) is 31.5 Å². The molecule has 0 spiro atoms. The Hall–Kier alpha value is -2.34. The Kier molecular flexibility index (Phi) is 5.28. The van der Waals surface area contributed by atoms with E-state index >= 15 is 0 Å². The summed E-state index contributed by atoms with van der Waals surface area (Å²) in [6.07, 6.45) is 0. The topological polar surface area (TPSA) is 138 Å². The fourth-order valence-corrected chi connectivity index (χ4v) is 4.38. The van der Waals surface area contributed by atoms with E-state index in [4.69, 9.17) is 27.2 Å². The van der Waals surface area contributed by atoms with Crippen LogP contribution in [-0.2, 0) is 21.4 Å². The molecule has 12 heteroatoms. The summed E-state index contributed by atoms with van der Waals surface area (Å²) >= 11 is 7.06. The molecule has 2 heterocycles. The number of aromatic nitrogens is 2. The molecule has 0 aliphatic heterocycles. The normalized spacial score (nSPS) is 11.8. The van der Waals surface area contributed by atoms with Crippen LogP contribution in [0.1, 0.15) is 26.6 Å². The highest BCUT2D eigenvalue weighted by Gasteiger charge is 2.22. The van der Waals surface area contributed by atoms with Gasteiger partial charge >= 0.3 is 5.97 Å². The van der Waals surface area contributed by atoms with Crippen LogP contribution in [-0.4, -0.2) is 24.4 Å². The number of sulfonamides is 1. The smallest absolute Gasteiger partial charge is 0.341 e. The van der Waals surface area contributed by atoms with Gasteiger partial charge in [-0.3, -0.25) is 0 Å². The number of primary sulfonamides is 1. The summed E-state index contributed by atoms with van der Waals surface area (Å²) in [6, 6.07) is 1.56. The van der Waals surface area contributed by atoms with E-state index in [9.17, 15) is 17.6 Å². The standard InChI is InChI=1S/C16H14ClFN4O4S2/c1-6-7(2)27-15-12(6)14(19)21-11(22-15)5-26-16(23)9-3-8(28(20,24)25)4-10(17)13(9)18/h3-4H,5H2,1-2H3,(H2,19,21,22)(H2,20,24,25). The van der Waals surface area contributed by atoms with Crippen LogP contribution in [0.2, 0.25) is 5.02 Å². The first-order chi connectivity index (χ1) is 13.0. The molecule has 0 amide bonds. The molecular weight excluding hydrogens is 431 g/mol. The second kappa shape index (κ2) is 7.24. The lowest BCUT2D eigenvalue weighted by Crippen LogP contribution is -2.15. The summed E-state index contributed by atoms with van der Waals surface area (Å²) in [5.74, 6) is -1.91. The van der Waals surface area contributed by atoms with Gasteiger partial charge in [0.15, 0.2) is 18.2 Å². The molecule has 3 rings (SSSR count). The lowest BCUT2D eigenvalue weighted by atomic mass is 10.2. The first-order valence-corrected chi connectivity index (χ1v) is 10.4. The Balaban J connectivity index is 1.89. The maximum Gasteiger partial charge on any atom is 0.341 e. The van der Waals surface area contributed by atoms with Crippen LogP contribution in [0, 0.1) is 19.7 Å². The largest absolute Gasteiger partial charge is 0.454 e. The van der Waals surface area contributed by atoms with Crippen LogP contribution in [0.5, 0.6) is 0 Å². The van der Waals surface area contributed by atoms with Crippen LogP contribution < -0.4 is 10.9 Å². The zero-order valence-corrected chi connectivity index (χ0v) is 17.0. The first-order valence-electron chi connectivity index (χ1n) is 7.70. The number of rotatable bonds is 4. The van der Waals surface area contributed by atoms with Gasteiger partial charge in [0, 0.05) is 4.88 Å². The van der Waals surface area contributed by atoms with Crippen molar-refractivity contribution in [2.45, 2.75) is 25.3 Å². The van der Waals surface area contributed by atoms with E-state index < -0.39 is 43.9 Å². The lowest BCUT2D eigenvalue weighted by molar-refractivity contribution is 0.0457. The van der Waals surface area contributed by atoms with Crippen molar-refractivity contribution in [3.05, 3.63) is 44.8 Å². The minimum atomic E-state index is -4.20. The Morgan fingerprint density at radius 3 is 2.64 bits per heavy atom. The molecule has 3 aromatic rings. The Morgan fingerprint density at radius 1 is 1.32 bits per heavy atom. The van der Waals surface area contributed by atoms with Crippen molar-refractivity contribution in [3.8, 4) is 0 Å². The number of hydrogen-bond donors (Lipinski definition) is 2. The highest BCUT2D eigenvalue weighted by molar-refractivity contribution is 7.89. The third-order valence-electron chi connectivity index (χ3n) is 3.99. The maximum absolute atomic E-state index is 14.1. The number of nitrogen functional groups attached to an aromatic ring is 1. The van der Waals surface area contributed by atoms with E-state index in [0.29, 0.717) is 4.83 Å². The Labute approximate surface area is 168 Å². The average molecular weight is 445 g/mol. The molecular formula is C16H14ClFN4O4S2. The van der Waals surface area contributed by atoms with Crippen LogP contribution in [0.25, 0.3) is 10.2 Å². The minimum absolute atomic E-state index is 0.119. The number of nitrogens with two attached hydrogens (primary N) is 2. The zero-order chi connectivity index (χ0) is 20.8. The van der Waals surface area contributed by atoms with Gasteiger partial charge in [-0.1, -0.05) is 11.6 Å². The number of thiophene rings is 1. The molecule has 28 heavy (non-hydrogen) atoms. The predicted octanol–water partition coefficient (Wildman–Crippen LogP) is 2.69. The Morgan fingerprint density at radius 2 is 2.00 bits per heavy atom.